The maximum atomic E-state index is 12.0. The van der Waals surface area contributed by atoms with E-state index in [-0.39, 0.29) is 5.91 Å². The summed E-state index contributed by atoms with van der Waals surface area (Å²) in [7, 11) is 3.53. The predicted octanol–water partition coefficient (Wildman–Crippen LogP) is 4.03. The maximum absolute atomic E-state index is 12.0. The van der Waals surface area contributed by atoms with E-state index in [1.54, 1.807) is 19.0 Å². The van der Waals surface area contributed by atoms with Gasteiger partial charge in [0.1, 0.15) is 0 Å². The number of nitrogens with zero attached hydrogens (tertiary/aromatic N) is 3. The molecular weight excluding hydrogens is 372 g/mol. The van der Waals surface area contributed by atoms with Gasteiger partial charge in [0, 0.05) is 39.3 Å². The fraction of sp³-hybridized carbons (Fsp3) is 0.360. The lowest BCUT2D eigenvalue weighted by atomic mass is 10.0. The molecule has 30 heavy (non-hydrogen) atoms. The molecule has 1 fully saturated rings. The molecule has 0 spiro atoms. The molecular formula is C25H32N4O. The summed E-state index contributed by atoms with van der Waals surface area (Å²) in [5.74, 6) is 0.982. The first kappa shape index (κ1) is 21.6. The van der Waals surface area contributed by atoms with Gasteiger partial charge in [0.2, 0.25) is 0 Å². The molecule has 0 aromatic heterocycles. The smallest absolute Gasteiger partial charge is 0.253 e. The number of benzene rings is 2. The van der Waals surface area contributed by atoms with Crippen LogP contribution in [-0.4, -0.2) is 55.4 Å². The van der Waals surface area contributed by atoms with Gasteiger partial charge < -0.3 is 15.1 Å². The van der Waals surface area contributed by atoms with Crippen LogP contribution in [0.4, 0.5) is 0 Å². The van der Waals surface area contributed by atoms with Crippen molar-refractivity contribution >= 4 is 17.9 Å². The van der Waals surface area contributed by atoms with Crippen LogP contribution in [0.5, 0.6) is 0 Å². The van der Waals surface area contributed by atoms with Gasteiger partial charge in [-0.2, -0.15) is 0 Å². The number of likely N-dealkylation sites (tertiary alicyclic amines) is 1. The van der Waals surface area contributed by atoms with Crippen molar-refractivity contribution in [1.82, 2.24) is 15.1 Å². The van der Waals surface area contributed by atoms with Crippen LogP contribution < -0.4 is 5.32 Å². The summed E-state index contributed by atoms with van der Waals surface area (Å²) >= 11 is 0. The molecule has 1 amide bonds. The predicted molar refractivity (Wildman–Crippen MR) is 125 cm³/mol. The van der Waals surface area contributed by atoms with Crippen molar-refractivity contribution in [1.29, 1.82) is 0 Å². The van der Waals surface area contributed by atoms with Crippen molar-refractivity contribution in [2.75, 3.05) is 33.7 Å². The number of guanidine groups is 1. The monoisotopic (exact) mass is 404 g/mol. The third kappa shape index (κ3) is 5.96. The lowest BCUT2D eigenvalue weighted by Crippen LogP contribution is -2.44. The summed E-state index contributed by atoms with van der Waals surface area (Å²) in [4.78, 5) is 20.8. The van der Waals surface area contributed by atoms with Gasteiger partial charge >= 0.3 is 0 Å². The highest BCUT2D eigenvalue weighted by molar-refractivity contribution is 5.93. The second-order valence-corrected chi connectivity index (χ2v) is 7.77. The van der Waals surface area contributed by atoms with Crippen molar-refractivity contribution in [2.45, 2.75) is 26.3 Å². The van der Waals surface area contributed by atoms with Gasteiger partial charge in [0.15, 0.2) is 5.96 Å². The minimum absolute atomic E-state index is 0.0195. The SMILES string of the molecule is CCNC(=NCc1ccc(C(=O)N(C)C)cc1)N1CCC(=Cc2ccccc2)CC1. The van der Waals surface area contributed by atoms with Crippen LogP contribution in [-0.2, 0) is 6.54 Å². The van der Waals surface area contributed by atoms with Crippen LogP contribution >= 0.6 is 0 Å². The fourth-order valence-corrected chi connectivity index (χ4v) is 3.54. The van der Waals surface area contributed by atoms with Crippen molar-refractivity contribution in [3.05, 3.63) is 76.9 Å². The zero-order chi connectivity index (χ0) is 21.3. The molecule has 0 radical (unpaired) electrons. The summed E-state index contributed by atoms with van der Waals surface area (Å²) in [6, 6.07) is 18.3. The molecule has 0 saturated carbocycles. The number of aliphatic imine (C=N–C) groups is 1. The number of rotatable bonds is 5. The molecule has 2 aromatic rings. The normalized spacial score (nSPS) is 14.4. The second kappa shape index (κ2) is 10.6. The van der Waals surface area contributed by atoms with Gasteiger partial charge in [0.05, 0.1) is 6.54 Å². The number of carbonyl (C=O) groups excluding carboxylic acids is 1. The first-order chi connectivity index (χ1) is 14.6. The first-order valence-electron chi connectivity index (χ1n) is 10.6. The summed E-state index contributed by atoms with van der Waals surface area (Å²) in [5, 5.41) is 3.43. The highest BCUT2D eigenvalue weighted by atomic mass is 16.2. The molecule has 1 heterocycles. The van der Waals surface area contributed by atoms with Crippen LogP contribution in [0.1, 0.15) is 41.3 Å². The topological polar surface area (TPSA) is 47.9 Å². The highest BCUT2D eigenvalue weighted by Gasteiger charge is 2.17. The molecule has 1 N–H and O–H groups in total. The Balaban J connectivity index is 1.61. The molecule has 1 aliphatic heterocycles. The van der Waals surface area contributed by atoms with E-state index in [1.165, 1.54) is 11.1 Å². The van der Waals surface area contributed by atoms with Crippen molar-refractivity contribution in [3.8, 4) is 0 Å². The Morgan fingerprint density at radius 1 is 1.07 bits per heavy atom. The molecule has 1 saturated heterocycles. The van der Waals surface area contributed by atoms with Gasteiger partial charge in [-0.15, -0.1) is 0 Å². The minimum atomic E-state index is 0.0195. The van der Waals surface area contributed by atoms with Crippen LogP contribution in [0, 0.1) is 0 Å². The van der Waals surface area contributed by atoms with E-state index in [1.807, 2.05) is 24.3 Å². The highest BCUT2D eigenvalue weighted by Crippen LogP contribution is 2.19. The molecule has 158 valence electrons. The molecule has 2 aromatic carbocycles. The van der Waals surface area contributed by atoms with Gasteiger partial charge in [-0.05, 0) is 43.0 Å². The fourth-order valence-electron chi connectivity index (χ4n) is 3.54. The lowest BCUT2D eigenvalue weighted by Gasteiger charge is -2.31. The average molecular weight is 405 g/mol. The van der Waals surface area contributed by atoms with E-state index >= 15 is 0 Å². The van der Waals surface area contributed by atoms with Crippen LogP contribution in [0.15, 0.2) is 65.2 Å². The molecule has 0 unspecified atom stereocenters. The van der Waals surface area contributed by atoms with Gasteiger partial charge in [-0.25, -0.2) is 4.99 Å². The molecule has 0 atom stereocenters. The quantitative estimate of drug-likeness (QED) is 0.605. The van der Waals surface area contributed by atoms with E-state index < -0.39 is 0 Å². The van der Waals surface area contributed by atoms with Crippen LogP contribution in [0.2, 0.25) is 0 Å². The Hall–Kier alpha value is -3.08. The number of amides is 1. The standard InChI is InChI=1S/C25H32N4O/c1-4-26-25(27-19-22-10-12-23(13-11-22)24(30)28(2)3)29-16-14-21(15-17-29)18-20-8-6-5-7-9-20/h5-13,18H,4,14-17,19H2,1-3H3,(H,26,27). The number of hydrogen-bond donors (Lipinski definition) is 1. The third-order valence-electron chi connectivity index (χ3n) is 5.23. The minimum Gasteiger partial charge on any atom is -0.357 e. The molecule has 1 aliphatic rings. The summed E-state index contributed by atoms with van der Waals surface area (Å²) in [6.07, 6.45) is 4.43. The Labute approximate surface area is 180 Å². The van der Waals surface area contributed by atoms with Gasteiger partial charge in [-0.1, -0.05) is 54.1 Å². The van der Waals surface area contributed by atoms with E-state index in [4.69, 9.17) is 4.99 Å². The number of carbonyl (C=O) groups is 1. The Morgan fingerprint density at radius 2 is 1.73 bits per heavy atom. The lowest BCUT2D eigenvalue weighted by molar-refractivity contribution is 0.0827. The zero-order valence-electron chi connectivity index (χ0n) is 18.3. The number of piperidine rings is 1. The van der Waals surface area contributed by atoms with Crippen molar-refractivity contribution in [2.24, 2.45) is 4.99 Å². The third-order valence-corrected chi connectivity index (χ3v) is 5.23. The Kier molecular flexibility index (Phi) is 7.66. The molecule has 5 heteroatoms. The Bertz CT molecular complexity index is 875. The molecule has 0 aliphatic carbocycles. The van der Waals surface area contributed by atoms with E-state index in [0.717, 1.165) is 44.0 Å². The molecule has 3 rings (SSSR count). The largest absolute Gasteiger partial charge is 0.357 e. The summed E-state index contributed by atoms with van der Waals surface area (Å²) < 4.78 is 0. The van der Waals surface area contributed by atoms with Crippen LogP contribution in [0.25, 0.3) is 6.08 Å². The number of nitrogens with one attached hydrogen (secondary N) is 1. The maximum Gasteiger partial charge on any atom is 0.253 e. The van der Waals surface area contributed by atoms with Crippen molar-refractivity contribution < 1.29 is 4.79 Å². The first-order valence-corrected chi connectivity index (χ1v) is 10.6. The zero-order valence-corrected chi connectivity index (χ0v) is 18.3. The molecule has 0 bridgehead atoms. The average Bonchev–Trinajstić information content (AvgIpc) is 2.78. The molecule has 5 nitrogen and oxygen atoms in total. The van der Waals surface area contributed by atoms with Gasteiger partial charge in [-0.3, -0.25) is 4.79 Å². The van der Waals surface area contributed by atoms with E-state index in [0.29, 0.717) is 12.1 Å². The second-order valence-electron chi connectivity index (χ2n) is 7.77. The Morgan fingerprint density at radius 3 is 2.33 bits per heavy atom. The van der Waals surface area contributed by atoms with E-state index in [2.05, 4.69) is 53.5 Å². The van der Waals surface area contributed by atoms with Crippen LogP contribution in [0.3, 0.4) is 0 Å². The van der Waals surface area contributed by atoms with Crippen molar-refractivity contribution in [3.63, 3.8) is 0 Å². The van der Waals surface area contributed by atoms with E-state index in [9.17, 15) is 4.79 Å². The number of hydrogen-bond acceptors (Lipinski definition) is 2. The summed E-state index contributed by atoms with van der Waals surface area (Å²) in [6.45, 7) is 5.49. The summed E-state index contributed by atoms with van der Waals surface area (Å²) in [5.41, 5.74) is 4.57. The van der Waals surface area contributed by atoms with Gasteiger partial charge in [0.25, 0.3) is 5.91 Å².